The first-order chi connectivity index (χ1) is 32.9. The van der Waals surface area contributed by atoms with E-state index >= 15 is 0 Å². The van der Waals surface area contributed by atoms with E-state index in [0.717, 1.165) is 0 Å². The number of amides is 8. The number of aliphatic hydroxyl groups is 2. The Bertz CT molecular complexity index is 1260. The van der Waals surface area contributed by atoms with Crippen LogP contribution in [0.2, 0.25) is 0 Å². The third-order valence-electron chi connectivity index (χ3n) is 4.82. The standard InChI is InChI=1S/2C8H13N3O5.2C7H14N2O4.4C3H8/c2*1-6(2)15-5-16-8(13)11-4-10-7(12)14-3-9;2*1-5(2)6(11)8-3-9-7(12)13-4-10;4*1-3-2/h2*6H,4-5H2,1-2H3,(H,10,12)(H,11,13);2*5,10H,3-4H2,1-2H3,(H,8,11)(H,9,12);4*3H2,1-2H3. The molecule has 10 N–H and O–H groups in total. The molecule has 0 rings (SSSR count). The zero-order valence-electron chi connectivity index (χ0n) is 44.1. The number of hydrogen-bond acceptors (Lipinski definition) is 20. The number of aliphatic hydroxyl groups excluding tert-OH is 2. The molecule has 0 saturated carbocycles. The molecule has 28 nitrogen and oxygen atoms in total. The smallest absolute Gasteiger partial charge is 0.423 e. The Balaban J connectivity index is -0.000000113. The van der Waals surface area contributed by atoms with E-state index in [0.29, 0.717) is 0 Å². The van der Waals surface area contributed by atoms with E-state index in [-0.39, 0.29) is 76.1 Å². The second kappa shape index (κ2) is 66.7. The summed E-state index contributed by atoms with van der Waals surface area (Å²) in [5.41, 5.74) is 0. The molecular weight excluding hydrogens is 933 g/mol. The van der Waals surface area contributed by atoms with Gasteiger partial charge in [0.25, 0.3) is 12.5 Å². The van der Waals surface area contributed by atoms with Gasteiger partial charge in [-0.1, -0.05) is 109 Å². The monoisotopic (exact) mass is 1020 g/mol. The molecule has 0 spiro atoms. The summed E-state index contributed by atoms with van der Waals surface area (Å²) in [4.78, 5) is 85.9. The summed E-state index contributed by atoms with van der Waals surface area (Å²) in [7, 11) is 0. The van der Waals surface area contributed by atoms with E-state index in [2.05, 4.69) is 126 Å². The number of nitrogens with one attached hydrogen (secondary N) is 8. The molecule has 0 unspecified atom stereocenters. The van der Waals surface area contributed by atoms with Crippen LogP contribution >= 0.6 is 0 Å². The van der Waals surface area contributed by atoms with Gasteiger partial charge in [-0.3, -0.25) is 9.59 Å². The van der Waals surface area contributed by atoms with Gasteiger partial charge in [-0.15, -0.1) is 10.5 Å². The van der Waals surface area contributed by atoms with Crippen LogP contribution in [-0.2, 0) is 47.5 Å². The molecule has 0 fully saturated rings. The maximum Gasteiger partial charge on any atom is 0.424 e. The number of ether oxygens (including phenoxy) is 8. The Morgan fingerprint density at radius 3 is 0.814 bits per heavy atom. The number of carbonyl (C=O) groups is 8. The van der Waals surface area contributed by atoms with Gasteiger partial charge < -0.3 is 90.6 Å². The topological polar surface area (TPSA) is 395 Å². The van der Waals surface area contributed by atoms with Crippen LogP contribution in [0.4, 0.5) is 28.8 Å². The summed E-state index contributed by atoms with van der Waals surface area (Å²) >= 11 is 0. The van der Waals surface area contributed by atoms with Gasteiger partial charge in [0.2, 0.25) is 11.8 Å². The number of rotatable bonds is 18. The molecule has 0 aliphatic carbocycles. The van der Waals surface area contributed by atoms with E-state index in [1.165, 1.54) is 38.2 Å². The van der Waals surface area contributed by atoms with Gasteiger partial charge in [-0.05, 0) is 27.7 Å². The fourth-order valence-corrected chi connectivity index (χ4v) is 2.12. The molecule has 412 valence electrons. The van der Waals surface area contributed by atoms with Gasteiger partial charge in [0.1, 0.15) is 0 Å². The largest absolute Gasteiger partial charge is 0.424 e. The average molecular weight is 1020 g/mol. The van der Waals surface area contributed by atoms with Crippen molar-refractivity contribution in [3.05, 3.63) is 0 Å². The summed E-state index contributed by atoms with van der Waals surface area (Å²) in [5, 5.41) is 50.1. The summed E-state index contributed by atoms with van der Waals surface area (Å²) in [6.07, 6.45) is 2.30. The number of carbonyl (C=O) groups excluding carboxylic acids is 8. The minimum Gasteiger partial charge on any atom is -0.423 e. The van der Waals surface area contributed by atoms with Crippen LogP contribution in [0, 0.1) is 34.9 Å². The second-order valence-corrected chi connectivity index (χ2v) is 13.6. The van der Waals surface area contributed by atoms with Gasteiger partial charge in [0.05, 0.1) is 38.9 Å². The predicted molar refractivity (Wildman–Crippen MR) is 255 cm³/mol. The first kappa shape index (κ1) is 80.4. The van der Waals surface area contributed by atoms with Crippen molar-refractivity contribution in [2.24, 2.45) is 11.8 Å². The van der Waals surface area contributed by atoms with Gasteiger partial charge in [-0.2, -0.15) is 0 Å². The maximum atomic E-state index is 10.9. The summed E-state index contributed by atoms with van der Waals surface area (Å²) in [6.45, 7) is 29.0. The van der Waals surface area contributed by atoms with Crippen LogP contribution in [-0.4, -0.2) is 125 Å². The SMILES string of the molecule is CC(C)C(=O)NCNC(=O)OCO.CC(C)C(=O)NCNC(=O)OCO.CC(C)OCOC(=O)NCNC(=O)OC#N.CC(C)OCOC(=O)NCNC(=O)OC#N.CCC.CCC.CCC.CCC. The molecule has 28 heteroatoms. The van der Waals surface area contributed by atoms with E-state index in [1.807, 2.05) is 0 Å². The van der Waals surface area contributed by atoms with Crippen LogP contribution in [0.25, 0.3) is 0 Å². The normalized spacial score (nSPS) is 8.74. The molecule has 0 bridgehead atoms. The summed E-state index contributed by atoms with van der Waals surface area (Å²) in [5.74, 6) is -0.583. The lowest BCUT2D eigenvalue weighted by atomic mass is 10.2. The van der Waals surface area contributed by atoms with E-state index in [9.17, 15) is 38.4 Å². The van der Waals surface area contributed by atoms with Gasteiger partial charge in [-0.25, -0.2) is 28.8 Å². The maximum absolute atomic E-state index is 10.9. The average Bonchev–Trinajstić information content (AvgIpc) is 3.25. The summed E-state index contributed by atoms with van der Waals surface area (Å²) in [6, 6.07) is 0. The van der Waals surface area contributed by atoms with E-state index < -0.39 is 50.1 Å². The molecule has 0 radical (unpaired) electrons. The minimum absolute atomic E-state index is 0.00412. The number of nitrogens with zero attached hydrogens (tertiary/aromatic N) is 2. The Kier molecular flexibility index (Phi) is 76.6. The van der Waals surface area contributed by atoms with Crippen molar-refractivity contribution in [2.45, 2.75) is 149 Å². The van der Waals surface area contributed by atoms with Crippen molar-refractivity contribution < 1.29 is 86.5 Å². The van der Waals surface area contributed by atoms with Crippen molar-refractivity contribution in [3.63, 3.8) is 0 Å². The molecule has 0 aromatic heterocycles. The zero-order valence-corrected chi connectivity index (χ0v) is 44.1. The molecular formula is C42H86N10O18. The zero-order chi connectivity index (χ0) is 56.1. The van der Waals surface area contributed by atoms with Crippen LogP contribution in [0.1, 0.15) is 136 Å². The fraction of sp³-hybridized carbons (Fsp3) is 0.762. The van der Waals surface area contributed by atoms with Crippen LogP contribution in [0.15, 0.2) is 0 Å². The first-order valence-electron chi connectivity index (χ1n) is 22.2. The molecule has 0 aromatic carbocycles. The Morgan fingerprint density at radius 1 is 0.400 bits per heavy atom. The molecule has 70 heavy (non-hydrogen) atoms. The molecule has 8 amide bonds. The van der Waals surface area contributed by atoms with Crippen molar-refractivity contribution in [2.75, 3.05) is 53.8 Å². The van der Waals surface area contributed by atoms with Crippen molar-refractivity contribution >= 4 is 48.4 Å². The van der Waals surface area contributed by atoms with Gasteiger partial charge in [0.15, 0.2) is 27.2 Å². The number of alkyl carbamates (subject to hydrolysis) is 6. The second-order valence-electron chi connectivity index (χ2n) is 13.6. The lowest BCUT2D eigenvalue weighted by molar-refractivity contribution is -0.124. The molecule has 0 aliphatic rings. The van der Waals surface area contributed by atoms with Gasteiger partial charge in [0, 0.05) is 11.8 Å². The molecule has 0 heterocycles. The third kappa shape index (κ3) is 91.8. The van der Waals surface area contributed by atoms with Crippen molar-refractivity contribution in [1.29, 1.82) is 10.5 Å². The minimum atomic E-state index is -0.957. The molecule has 0 saturated heterocycles. The Morgan fingerprint density at radius 2 is 0.614 bits per heavy atom. The fourth-order valence-electron chi connectivity index (χ4n) is 2.12. The predicted octanol–water partition coefficient (Wildman–Crippen LogP) is 4.97. The van der Waals surface area contributed by atoms with Crippen LogP contribution < -0.4 is 42.5 Å². The highest BCUT2D eigenvalue weighted by molar-refractivity contribution is 5.79. The lowest BCUT2D eigenvalue weighted by Crippen LogP contribution is -2.39. The van der Waals surface area contributed by atoms with Crippen molar-refractivity contribution in [1.82, 2.24) is 42.5 Å². The highest BCUT2D eigenvalue weighted by atomic mass is 16.7. The van der Waals surface area contributed by atoms with Gasteiger partial charge >= 0.3 is 36.6 Å². The number of hydrogen-bond donors (Lipinski definition) is 10. The van der Waals surface area contributed by atoms with Crippen LogP contribution in [0.3, 0.4) is 0 Å². The van der Waals surface area contributed by atoms with E-state index in [1.54, 1.807) is 55.4 Å². The third-order valence-corrected chi connectivity index (χ3v) is 4.82. The Hall–Kier alpha value is -6.62. The lowest BCUT2D eigenvalue weighted by Gasteiger charge is -2.09. The molecule has 0 aromatic rings. The summed E-state index contributed by atoms with van der Waals surface area (Å²) < 4.78 is 35.0. The molecule has 0 atom stereocenters. The highest BCUT2D eigenvalue weighted by Gasteiger charge is 2.08. The first-order valence-corrected chi connectivity index (χ1v) is 22.2. The van der Waals surface area contributed by atoms with Crippen molar-refractivity contribution in [3.8, 4) is 12.5 Å². The molecule has 0 aliphatic heterocycles. The Labute approximate surface area is 414 Å². The van der Waals surface area contributed by atoms with Crippen LogP contribution in [0.5, 0.6) is 0 Å². The quantitative estimate of drug-likeness (QED) is 0.0492. The van der Waals surface area contributed by atoms with E-state index in [4.69, 9.17) is 30.2 Å². The number of nitriles is 2. The highest BCUT2D eigenvalue weighted by Crippen LogP contribution is 1.91.